The molecule has 104 valence electrons. The van der Waals surface area contributed by atoms with Gasteiger partial charge in [0, 0.05) is 18.1 Å². The number of rotatable bonds is 4. The Hall–Kier alpha value is -0.610. The van der Waals surface area contributed by atoms with E-state index >= 15 is 0 Å². The molecule has 2 N–H and O–H groups in total. The van der Waals surface area contributed by atoms with Crippen LogP contribution in [0, 0.1) is 5.41 Å². The Morgan fingerprint density at radius 2 is 2.22 bits per heavy atom. The number of carbonyl (C=O) groups excluding carboxylic acids is 1. The molecule has 2 aliphatic rings. The van der Waals surface area contributed by atoms with Crippen LogP contribution in [-0.2, 0) is 9.53 Å². The molecule has 1 amide bonds. The van der Waals surface area contributed by atoms with Gasteiger partial charge in [0.1, 0.15) is 0 Å². The summed E-state index contributed by atoms with van der Waals surface area (Å²) in [5, 5.41) is 6.48. The average Bonchev–Trinajstić information content (AvgIpc) is 2.38. The number of ether oxygens (including phenoxy) is 1. The monoisotopic (exact) mass is 254 g/mol. The van der Waals surface area contributed by atoms with Gasteiger partial charge >= 0.3 is 0 Å². The van der Waals surface area contributed by atoms with Crippen molar-refractivity contribution in [1.29, 1.82) is 0 Å². The third-order valence-corrected chi connectivity index (χ3v) is 4.49. The Labute approximate surface area is 110 Å². The molecule has 3 unspecified atom stereocenters. The summed E-state index contributed by atoms with van der Waals surface area (Å²) in [6.45, 7) is 8.09. The maximum Gasteiger partial charge on any atom is 0.237 e. The molecule has 2 rings (SSSR count). The third-order valence-electron chi connectivity index (χ3n) is 4.49. The first-order chi connectivity index (χ1) is 8.55. The Kier molecular flexibility index (Phi) is 4.28. The van der Waals surface area contributed by atoms with Crippen LogP contribution >= 0.6 is 0 Å². The molecular weight excluding hydrogens is 228 g/mol. The molecule has 1 heterocycles. The van der Waals surface area contributed by atoms with E-state index in [1.807, 2.05) is 6.92 Å². The van der Waals surface area contributed by atoms with Crippen LogP contribution in [0.3, 0.4) is 0 Å². The smallest absolute Gasteiger partial charge is 0.237 e. The number of hydrogen-bond donors (Lipinski definition) is 2. The van der Waals surface area contributed by atoms with Crippen molar-refractivity contribution in [1.82, 2.24) is 10.6 Å². The van der Waals surface area contributed by atoms with E-state index in [4.69, 9.17) is 4.74 Å². The Bertz CT molecular complexity index is 298. The van der Waals surface area contributed by atoms with E-state index in [0.29, 0.717) is 0 Å². The van der Waals surface area contributed by atoms with Crippen molar-refractivity contribution in [2.24, 2.45) is 5.41 Å². The van der Waals surface area contributed by atoms with Crippen molar-refractivity contribution in [3.8, 4) is 0 Å². The van der Waals surface area contributed by atoms with Crippen LogP contribution in [-0.4, -0.2) is 37.2 Å². The van der Waals surface area contributed by atoms with Gasteiger partial charge in [-0.3, -0.25) is 4.79 Å². The Balaban J connectivity index is 1.81. The summed E-state index contributed by atoms with van der Waals surface area (Å²) in [7, 11) is 0. The first kappa shape index (κ1) is 13.8. The molecule has 0 bridgehead atoms. The lowest BCUT2D eigenvalue weighted by Crippen LogP contribution is -2.64. The second-order valence-corrected chi connectivity index (χ2v) is 6.06. The summed E-state index contributed by atoms with van der Waals surface area (Å²) >= 11 is 0. The normalized spacial score (nSPS) is 34.7. The lowest BCUT2D eigenvalue weighted by Gasteiger charge is -2.52. The third kappa shape index (κ3) is 2.69. The number of carbonyl (C=O) groups is 1. The molecule has 0 aromatic carbocycles. The lowest BCUT2D eigenvalue weighted by atomic mass is 9.64. The van der Waals surface area contributed by atoms with E-state index in [0.717, 1.165) is 32.4 Å². The predicted molar refractivity (Wildman–Crippen MR) is 71.4 cm³/mol. The van der Waals surface area contributed by atoms with Crippen molar-refractivity contribution < 1.29 is 9.53 Å². The van der Waals surface area contributed by atoms with E-state index in [2.05, 4.69) is 24.5 Å². The summed E-state index contributed by atoms with van der Waals surface area (Å²) in [6.07, 6.45) is 4.53. The van der Waals surface area contributed by atoms with Gasteiger partial charge in [0.25, 0.3) is 0 Å². The van der Waals surface area contributed by atoms with Crippen LogP contribution in [0.5, 0.6) is 0 Å². The zero-order chi connectivity index (χ0) is 13.2. The zero-order valence-corrected chi connectivity index (χ0v) is 11.8. The largest absolute Gasteiger partial charge is 0.378 e. The van der Waals surface area contributed by atoms with Crippen molar-refractivity contribution in [2.45, 2.75) is 64.6 Å². The Morgan fingerprint density at radius 1 is 1.44 bits per heavy atom. The number of nitrogens with one attached hydrogen (secondary N) is 2. The molecule has 0 radical (unpaired) electrons. The van der Waals surface area contributed by atoms with Crippen LogP contribution in [0.2, 0.25) is 0 Å². The van der Waals surface area contributed by atoms with E-state index in [-0.39, 0.29) is 29.5 Å². The molecule has 0 aromatic rings. The molecular formula is C14H26N2O2. The molecule has 1 saturated carbocycles. The standard InChI is InChI=1S/C14H26N2O2/c1-4-18-12-9-11(14(12,2)3)16-13(17)10-7-5-6-8-15-10/h10-12,15H,4-9H2,1-3H3,(H,16,17). The van der Waals surface area contributed by atoms with Gasteiger partial charge in [0.05, 0.1) is 12.1 Å². The number of amides is 1. The van der Waals surface area contributed by atoms with Gasteiger partial charge in [0.2, 0.25) is 5.91 Å². The molecule has 1 saturated heterocycles. The Morgan fingerprint density at radius 3 is 2.78 bits per heavy atom. The highest BCUT2D eigenvalue weighted by Crippen LogP contribution is 2.42. The van der Waals surface area contributed by atoms with E-state index < -0.39 is 0 Å². The maximum absolute atomic E-state index is 12.1. The first-order valence-electron chi connectivity index (χ1n) is 7.21. The SMILES string of the molecule is CCOC1CC(NC(=O)C2CCCCN2)C1(C)C. The fourth-order valence-corrected chi connectivity index (χ4v) is 2.96. The quantitative estimate of drug-likeness (QED) is 0.798. The van der Waals surface area contributed by atoms with Crippen LogP contribution < -0.4 is 10.6 Å². The molecule has 1 aliphatic heterocycles. The minimum atomic E-state index is 0.0145. The summed E-state index contributed by atoms with van der Waals surface area (Å²) in [5.41, 5.74) is 0.0559. The highest BCUT2D eigenvalue weighted by molar-refractivity contribution is 5.82. The second-order valence-electron chi connectivity index (χ2n) is 6.06. The van der Waals surface area contributed by atoms with Crippen LogP contribution in [0.1, 0.15) is 46.5 Å². The second kappa shape index (κ2) is 5.57. The summed E-state index contributed by atoms with van der Waals surface area (Å²) < 4.78 is 5.68. The first-order valence-corrected chi connectivity index (χ1v) is 7.21. The van der Waals surface area contributed by atoms with Crippen molar-refractivity contribution >= 4 is 5.91 Å². The van der Waals surface area contributed by atoms with Crippen molar-refractivity contribution in [2.75, 3.05) is 13.2 Å². The van der Waals surface area contributed by atoms with E-state index in [1.54, 1.807) is 0 Å². The average molecular weight is 254 g/mol. The van der Waals surface area contributed by atoms with Gasteiger partial charge < -0.3 is 15.4 Å². The van der Waals surface area contributed by atoms with Gasteiger partial charge in [0.15, 0.2) is 0 Å². The van der Waals surface area contributed by atoms with Gasteiger partial charge in [-0.2, -0.15) is 0 Å². The van der Waals surface area contributed by atoms with Gasteiger partial charge in [-0.05, 0) is 32.7 Å². The maximum atomic E-state index is 12.1. The fourth-order valence-electron chi connectivity index (χ4n) is 2.96. The summed E-state index contributed by atoms with van der Waals surface area (Å²) in [6, 6.07) is 0.269. The molecule has 18 heavy (non-hydrogen) atoms. The number of hydrogen-bond acceptors (Lipinski definition) is 3. The highest BCUT2D eigenvalue weighted by Gasteiger charge is 2.49. The molecule has 1 aliphatic carbocycles. The fraction of sp³-hybridized carbons (Fsp3) is 0.929. The van der Waals surface area contributed by atoms with E-state index in [1.165, 1.54) is 6.42 Å². The minimum Gasteiger partial charge on any atom is -0.378 e. The molecule has 0 spiro atoms. The molecule has 4 heteroatoms. The molecule has 0 aromatic heterocycles. The van der Waals surface area contributed by atoms with Gasteiger partial charge in [-0.15, -0.1) is 0 Å². The van der Waals surface area contributed by atoms with Crippen molar-refractivity contribution in [3.63, 3.8) is 0 Å². The van der Waals surface area contributed by atoms with Crippen molar-refractivity contribution in [3.05, 3.63) is 0 Å². The van der Waals surface area contributed by atoms with Gasteiger partial charge in [-0.1, -0.05) is 20.3 Å². The summed E-state index contributed by atoms with van der Waals surface area (Å²) in [4.78, 5) is 12.1. The molecule has 3 atom stereocenters. The topological polar surface area (TPSA) is 50.4 Å². The molecule has 4 nitrogen and oxygen atoms in total. The zero-order valence-electron chi connectivity index (χ0n) is 11.8. The minimum absolute atomic E-state index is 0.0145. The molecule has 2 fully saturated rings. The highest BCUT2D eigenvalue weighted by atomic mass is 16.5. The van der Waals surface area contributed by atoms with Crippen LogP contribution in [0.4, 0.5) is 0 Å². The predicted octanol–water partition coefficient (Wildman–Crippen LogP) is 1.45. The number of piperidine rings is 1. The van der Waals surface area contributed by atoms with E-state index in [9.17, 15) is 4.79 Å². The van der Waals surface area contributed by atoms with Crippen LogP contribution in [0.15, 0.2) is 0 Å². The summed E-state index contributed by atoms with van der Waals surface area (Å²) in [5.74, 6) is 0.169. The van der Waals surface area contributed by atoms with Gasteiger partial charge in [-0.25, -0.2) is 0 Å². The lowest BCUT2D eigenvalue weighted by molar-refractivity contribution is -0.138. The van der Waals surface area contributed by atoms with Crippen LogP contribution in [0.25, 0.3) is 0 Å².